The van der Waals surface area contributed by atoms with Gasteiger partial charge in [0.1, 0.15) is 0 Å². The number of primary sulfonamides is 1. The molecule has 2 saturated heterocycles. The second-order valence-corrected chi connectivity index (χ2v) is 7.75. The summed E-state index contributed by atoms with van der Waals surface area (Å²) in [5.41, 5.74) is 1.54. The highest BCUT2D eigenvalue weighted by atomic mass is 32.2. The van der Waals surface area contributed by atoms with E-state index >= 15 is 0 Å². The number of sulfonamides is 1. The minimum Gasteiger partial charge on any atom is -0.382 e. The van der Waals surface area contributed by atoms with Crippen LogP contribution in [0.5, 0.6) is 0 Å². The molecule has 3 N–H and O–H groups in total. The van der Waals surface area contributed by atoms with Gasteiger partial charge in [0.2, 0.25) is 10.0 Å². The monoisotopic (exact) mass is 309 g/mol. The summed E-state index contributed by atoms with van der Waals surface area (Å²) in [7, 11) is -3.66. The number of rotatable bonds is 3. The van der Waals surface area contributed by atoms with E-state index in [-0.39, 0.29) is 4.90 Å². The normalized spacial score (nSPS) is 26.6. The Morgan fingerprint density at radius 1 is 1.29 bits per heavy atom. The average Bonchev–Trinajstić information content (AvgIpc) is 2.87. The van der Waals surface area contributed by atoms with Crippen LogP contribution in [0.1, 0.15) is 31.2 Å². The molecule has 0 spiro atoms. The van der Waals surface area contributed by atoms with E-state index in [1.54, 1.807) is 13.0 Å². The molecule has 0 saturated carbocycles. The van der Waals surface area contributed by atoms with Gasteiger partial charge < -0.3 is 10.2 Å². The highest BCUT2D eigenvalue weighted by Crippen LogP contribution is 2.29. The molecular formula is C15H23N3O2S. The van der Waals surface area contributed by atoms with Crippen molar-refractivity contribution in [2.24, 2.45) is 5.14 Å². The Balaban J connectivity index is 1.73. The third-order valence-corrected chi connectivity index (χ3v) is 5.74. The SMILES string of the molecule is Cc1ccc(NC2CCN3CCCC3C2)cc1S(N)(=O)=O. The van der Waals surface area contributed by atoms with Crippen molar-refractivity contribution in [1.82, 2.24) is 4.90 Å². The van der Waals surface area contributed by atoms with Crippen molar-refractivity contribution < 1.29 is 8.42 Å². The molecule has 2 aliphatic heterocycles. The van der Waals surface area contributed by atoms with E-state index in [1.165, 1.54) is 19.4 Å². The van der Waals surface area contributed by atoms with Gasteiger partial charge in [0, 0.05) is 24.3 Å². The van der Waals surface area contributed by atoms with Gasteiger partial charge in [0.05, 0.1) is 4.90 Å². The van der Waals surface area contributed by atoms with E-state index in [2.05, 4.69) is 10.2 Å². The number of fused-ring (bicyclic) bond motifs is 1. The molecule has 2 atom stereocenters. The van der Waals surface area contributed by atoms with Crippen LogP contribution in [0.3, 0.4) is 0 Å². The van der Waals surface area contributed by atoms with Gasteiger partial charge >= 0.3 is 0 Å². The molecule has 0 radical (unpaired) electrons. The second-order valence-electron chi connectivity index (χ2n) is 6.22. The van der Waals surface area contributed by atoms with Gasteiger partial charge in [-0.2, -0.15) is 0 Å². The number of piperidine rings is 1. The number of nitrogens with two attached hydrogens (primary N) is 1. The second kappa shape index (κ2) is 5.59. The maximum Gasteiger partial charge on any atom is 0.238 e. The first-order chi connectivity index (χ1) is 9.93. The summed E-state index contributed by atoms with van der Waals surface area (Å²) in [6.07, 6.45) is 4.83. The maximum absolute atomic E-state index is 11.6. The number of benzene rings is 1. The molecule has 21 heavy (non-hydrogen) atoms. The lowest BCUT2D eigenvalue weighted by Gasteiger charge is -2.35. The lowest BCUT2D eigenvalue weighted by molar-refractivity contribution is 0.188. The Morgan fingerprint density at radius 2 is 2.10 bits per heavy atom. The molecule has 1 aromatic rings. The van der Waals surface area contributed by atoms with Crippen LogP contribution >= 0.6 is 0 Å². The number of hydrogen-bond acceptors (Lipinski definition) is 4. The first-order valence-electron chi connectivity index (χ1n) is 7.57. The molecule has 5 nitrogen and oxygen atoms in total. The lowest BCUT2D eigenvalue weighted by Crippen LogP contribution is -2.42. The Morgan fingerprint density at radius 3 is 2.86 bits per heavy atom. The van der Waals surface area contributed by atoms with E-state index in [9.17, 15) is 8.42 Å². The third-order valence-electron chi connectivity index (χ3n) is 4.69. The van der Waals surface area contributed by atoms with Crippen molar-refractivity contribution in [3.8, 4) is 0 Å². The predicted octanol–water partition coefficient (Wildman–Crippen LogP) is 1.68. The molecule has 0 bridgehead atoms. The van der Waals surface area contributed by atoms with Crippen molar-refractivity contribution in [3.05, 3.63) is 23.8 Å². The summed E-state index contributed by atoms with van der Waals surface area (Å²) < 4.78 is 23.2. The van der Waals surface area contributed by atoms with Crippen LogP contribution in [-0.2, 0) is 10.0 Å². The molecule has 2 unspecified atom stereocenters. The summed E-state index contributed by atoms with van der Waals surface area (Å²) in [6.45, 7) is 4.13. The molecule has 0 aliphatic carbocycles. The molecule has 0 amide bonds. The summed E-state index contributed by atoms with van der Waals surface area (Å²) in [4.78, 5) is 2.79. The Bertz CT molecular complexity index is 630. The van der Waals surface area contributed by atoms with Gasteiger partial charge in [-0.25, -0.2) is 13.6 Å². The summed E-state index contributed by atoms with van der Waals surface area (Å²) in [6, 6.07) is 6.52. The quantitative estimate of drug-likeness (QED) is 0.891. The lowest BCUT2D eigenvalue weighted by atomic mass is 9.97. The molecule has 2 fully saturated rings. The Hall–Kier alpha value is -1.11. The first-order valence-corrected chi connectivity index (χ1v) is 9.12. The fraction of sp³-hybridized carbons (Fsp3) is 0.600. The minimum atomic E-state index is -3.66. The molecule has 2 aliphatic rings. The van der Waals surface area contributed by atoms with Crippen molar-refractivity contribution in [1.29, 1.82) is 0 Å². The van der Waals surface area contributed by atoms with E-state index in [0.717, 1.165) is 25.1 Å². The fourth-order valence-corrected chi connectivity index (χ4v) is 4.40. The molecule has 6 heteroatoms. The van der Waals surface area contributed by atoms with Gasteiger partial charge in [-0.05, 0) is 56.8 Å². The molecule has 3 rings (SSSR count). The topological polar surface area (TPSA) is 75.4 Å². The number of aryl methyl sites for hydroxylation is 1. The molecule has 116 valence electrons. The standard InChI is InChI=1S/C15H23N3O2S/c1-11-4-5-12(10-15(11)21(16,19)20)17-13-6-8-18-7-2-3-14(18)9-13/h4-5,10,13-14,17H,2-3,6-9H2,1H3,(H2,16,19,20). The van der Waals surface area contributed by atoms with Crippen molar-refractivity contribution in [3.63, 3.8) is 0 Å². The van der Waals surface area contributed by atoms with Crippen LogP contribution in [0.15, 0.2) is 23.1 Å². The van der Waals surface area contributed by atoms with E-state index in [4.69, 9.17) is 5.14 Å². The molecule has 1 aromatic carbocycles. The Kier molecular flexibility index (Phi) is 3.94. The van der Waals surface area contributed by atoms with Crippen LogP contribution in [0.4, 0.5) is 5.69 Å². The zero-order valence-electron chi connectivity index (χ0n) is 12.4. The summed E-state index contributed by atoms with van der Waals surface area (Å²) >= 11 is 0. The van der Waals surface area contributed by atoms with Crippen LogP contribution in [0, 0.1) is 6.92 Å². The van der Waals surface area contributed by atoms with Crippen molar-refractivity contribution in [2.45, 2.75) is 49.6 Å². The number of hydrogen-bond donors (Lipinski definition) is 2. The van der Waals surface area contributed by atoms with Crippen molar-refractivity contribution in [2.75, 3.05) is 18.4 Å². The number of nitrogens with one attached hydrogen (secondary N) is 1. The van der Waals surface area contributed by atoms with Crippen LogP contribution in [0.2, 0.25) is 0 Å². The minimum absolute atomic E-state index is 0.214. The smallest absolute Gasteiger partial charge is 0.238 e. The van der Waals surface area contributed by atoms with Crippen LogP contribution in [0.25, 0.3) is 0 Å². The van der Waals surface area contributed by atoms with Crippen LogP contribution < -0.4 is 10.5 Å². The van der Waals surface area contributed by atoms with E-state index < -0.39 is 10.0 Å². The Labute approximate surface area is 126 Å². The summed E-state index contributed by atoms with van der Waals surface area (Å²) in [5.74, 6) is 0. The molecule has 0 aromatic heterocycles. The van der Waals surface area contributed by atoms with E-state index in [0.29, 0.717) is 17.6 Å². The number of nitrogens with zero attached hydrogens (tertiary/aromatic N) is 1. The molecule has 2 heterocycles. The predicted molar refractivity (Wildman–Crippen MR) is 83.8 cm³/mol. The average molecular weight is 309 g/mol. The highest BCUT2D eigenvalue weighted by molar-refractivity contribution is 7.89. The summed E-state index contributed by atoms with van der Waals surface area (Å²) in [5, 5.41) is 8.75. The van der Waals surface area contributed by atoms with Crippen molar-refractivity contribution >= 4 is 15.7 Å². The zero-order valence-corrected chi connectivity index (χ0v) is 13.2. The third kappa shape index (κ3) is 3.22. The van der Waals surface area contributed by atoms with E-state index in [1.807, 2.05) is 12.1 Å². The van der Waals surface area contributed by atoms with Gasteiger partial charge in [-0.3, -0.25) is 0 Å². The van der Waals surface area contributed by atoms with Gasteiger partial charge in [-0.15, -0.1) is 0 Å². The highest BCUT2D eigenvalue weighted by Gasteiger charge is 2.31. The van der Waals surface area contributed by atoms with Gasteiger partial charge in [0.25, 0.3) is 0 Å². The van der Waals surface area contributed by atoms with Gasteiger partial charge in [0.15, 0.2) is 0 Å². The maximum atomic E-state index is 11.6. The largest absolute Gasteiger partial charge is 0.382 e. The van der Waals surface area contributed by atoms with Crippen LogP contribution in [-0.4, -0.2) is 38.5 Å². The fourth-order valence-electron chi connectivity index (χ4n) is 3.59. The molecular weight excluding hydrogens is 286 g/mol. The van der Waals surface area contributed by atoms with Gasteiger partial charge in [-0.1, -0.05) is 6.07 Å². The first kappa shape index (κ1) is 14.8. The number of anilines is 1. The zero-order chi connectivity index (χ0) is 15.0.